The number of allylic oxidation sites excluding steroid dienone is 1. The van der Waals surface area contributed by atoms with Gasteiger partial charge in [-0.25, -0.2) is 0 Å². The highest BCUT2D eigenvalue weighted by molar-refractivity contribution is 6.30. The Hall–Kier alpha value is -2.45. The van der Waals surface area contributed by atoms with Crippen LogP contribution in [-0.4, -0.2) is 20.5 Å². The summed E-state index contributed by atoms with van der Waals surface area (Å²) in [5.41, 5.74) is 0.851. The number of ketones is 1. The smallest absolute Gasteiger partial charge is 0.180 e. The van der Waals surface area contributed by atoms with Crippen molar-refractivity contribution in [2.75, 3.05) is 0 Å². The van der Waals surface area contributed by atoms with Gasteiger partial charge in [0.2, 0.25) is 0 Å². The monoisotopic (exact) mass is 340 g/mol. The van der Waals surface area contributed by atoms with E-state index in [1.54, 1.807) is 18.2 Å². The van der Waals surface area contributed by atoms with E-state index in [2.05, 4.69) is 16.3 Å². The Labute approximate surface area is 145 Å². The first-order valence-corrected chi connectivity index (χ1v) is 8.36. The van der Waals surface area contributed by atoms with Gasteiger partial charge in [-0.05, 0) is 36.6 Å². The highest BCUT2D eigenvalue weighted by atomic mass is 35.5. The largest absolute Gasteiger partial charge is 0.313 e. The molecule has 1 aliphatic heterocycles. The van der Waals surface area contributed by atoms with Crippen molar-refractivity contribution in [2.45, 2.75) is 38.1 Å². The highest BCUT2D eigenvalue weighted by Crippen LogP contribution is 2.21. The summed E-state index contributed by atoms with van der Waals surface area (Å²) in [4.78, 5) is 12.5. The van der Waals surface area contributed by atoms with Crippen LogP contribution in [0, 0.1) is 11.3 Å². The van der Waals surface area contributed by atoms with Crippen LogP contribution in [0.5, 0.6) is 0 Å². The van der Waals surface area contributed by atoms with Gasteiger partial charge in [-0.1, -0.05) is 36.2 Å². The number of hydrogen-bond acceptors (Lipinski definition) is 4. The van der Waals surface area contributed by atoms with Crippen LogP contribution < -0.4 is 0 Å². The van der Waals surface area contributed by atoms with Gasteiger partial charge in [0.25, 0.3) is 0 Å². The van der Waals surface area contributed by atoms with Crippen molar-refractivity contribution < 1.29 is 4.79 Å². The lowest BCUT2D eigenvalue weighted by atomic mass is 10.0. The van der Waals surface area contributed by atoms with E-state index in [1.807, 2.05) is 16.7 Å². The van der Waals surface area contributed by atoms with Crippen molar-refractivity contribution >= 4 is 23.5 Å². The lowest BCUT2D eigenvalue weighted by Gasteiger charge is -2.09. The highest BCUT2D eigenvalue weighted by Gasteiger charge is 2.26. The van der Waals surface area contributed by atoms with E-state index in [4.69, 9.17) is 11.6 Å². The van der Waals surface area contributed by atoms with E-state index in [9.17, 15) is 10.1 Å². The Balaban J connectivity index is 1.81. The minimum atomic E-state index is -0.923. The standard InChI is InChI=1S/C18H17ClN4O/c19-14-8-5-13(6-9-14)7-10-16(24)15(12-20)18-22-21-17-4-2-1-3-11-23(17)18/h5-10,15H,1-4,11H2/b10-7+. The number of rotatable bonds is 4. The first kappa shape index (κ1) is 16.4. The molecule has 0 fully saturated rings. The van der Waals surface area contributed by atoms with E-state index in [0.29, 0.717) is 10.8 Å². The molecule has 1 unspecified atom stereocenters. The van der Waals surface area contributed by atoms with Crippen molar-refractivity contribution in [3.05, 3.63) is 52.6 Å². The molecule has 1 aromatic carbocycles. The van der Waals surface area contributed by atoms with Gasteiger partial charge in [-0.2, -0.15) is 5.26 Å². The van der Waals surface area contributed by atoms with Crippen LogP contribution in [0.4, 0.5) is 0 Å². The first-order valence-electron chi connectivity index (χ1n) is 7.98. The van der Waals surface area contributed by atoms with Gasteiger partial charge in [0, 0.05) is 18.0 Å². The fraction of sp³-hybridized carbons (Fsp3) is 0.333. The summed E-state index contributed by atoms with van der Waals surface area (Å²) in [6.45, 7) is 0.768. The van der Waals surface area contributed by atoms with E-state index in [1.165, 1.54) is 6.08 Å². The van der Waals surface area contributed by atoms with Gasteiger partial charge in [0.1, 0.15) is 5.82 Å². The number of nitrogens with zero attached hydrogens (tertiary/aromatic N) is 4. The molecule has 2 heterocycles. The molecule has 0 bridgehead atoms. The Morgan fingerprint density at radius 3 is 2.79 bits per heavy atom. The quantitative estimate of drug-likeness (QED) is 0.798. The lowest BCUT2D eigenvalue weighted by molar-refractivity contribution is -0.115. The van der Waals surface area contributed by atoms with Crippen LogP contribution in [0.1, 0.15) is 42.4 Å². The SMILES string of the molecule is N#CC(C(=O)/C=C/c1ccc(Cl)cc1)c1nnc2n1CCCCC2. The number of hydrogen-bond donors (Lipinski definition) is 0. The van der Waals surface area contributed by atoms with Gasteiger partial charge in [-0.3, -0.25) is 4.79 Å². The molecule has 0 spiro atoms. The predicted molar refractivity (Wildman–Crippen MR) is 91.4 cm³/mol. The average molecular weight is 341 g/mol. The molecule has 24 heavy (non-hydrogen) atoms. The molecule has 0 N–H and O–H groups in total. The van der Waals surface area contributed by atoms with Gasteiger partial charge in [0.05, 0.1) is 6.07 Å². The first-order chi connectivity index (χ1) is 11.7. The Bertz CT molecular complexity index is 801. The van der Waals surface area contributed by atoms with Crippen molar-refractivity contribution in [1.29, 1.82) is 5.26 Å². The summed E-state index contributed by atoms with van der Waals surface area (Å²) >= 11 is 5.84. The summed E-state index contributed by atoms with van der Waals surface area (Å²) in [7, 11) is 0. The van der Waals surface area contributed by atoms with Crippen molar-refractivity contribution in [3.63, 3.8) is 0 Å². The topological polar surface area (TPSA) is 71.6 Å². The molecular formula is C18H17ClN4O. The third kappa shape index (κ3) is 3.55. The van der Waals surface area contributed by atoms with Crippen molar-refractivity contribution in [3.8, 4) is 6.07 Å². The van der Waals surface area contributed by atoms with Crippen LogP contribution in [0.15, 0.2) is 30.3 Å². The Morgan fingerprint density at radius 2 is 2.04 bits per heavy atom. The van der Waals surface area contributed by atoms with Crippen LogP contribution in [-0.2, 0) is 17.8 Å². The molecule has 1 aromatic heterocycles. The normalized spacial score (nSPS) is 15.5. The van der Waals surface area contributed by atoms with Crippen LogP contribution in [0.2, 0.25) is 5.02 Å². The number of nitriles is 1. The molecular weight excluding hydrogens is 324 g/mol. The molecule has 0 saturated heterocycles. The van der Waals surface area contributed by atoms with Gasteiger partial charge < -0.3 is 4.57 Å². The second-order valence-corrected chi connectivity index (χ2v) is 6.22. The number of aryl methyl sites for hydroxylation is 1. The molecule has 0 radical (unpaired) electrons. The molecule has 3 rings (SSSR count). The van der Waals surface area contributed by atoms with Crippen LogP contribution >= 0.6 is 11.6 Å². The molecule has 1 aliphatic rings. The fourth-order valence-corrected chi connectivity index (χ4v) is 2.94. The predicted octanol–water partition coefficient (Wildman–Crippen LogP) is 3.55. The zero-order valence-corrected chi connectivity index (χ0v) is 13.9. The maximum Gasteiger partial charge on any atom is 0.180 e. The second-order valence-electron chi connectivity index (χ2n) is 5.79. The molecule has 2 aromatic rings. The third-order valence-corrected chi connectivity index (χ3v) is 4.37. The van der Waals surface area contributed by atoms with Crippen LogP contribution in [0.3, 0.4) is 0 Å². The molecule has 0 amide bonds. The zero-order valence-electron chi connectivity index (χ0n) is 13.2. The Morgan fingerprint density at radius 1 is 1.25 bits per heavy atom. The van der Waals surface area contributed by atoms with E-state index < -0.39 is 5.92 Å². The van der Waals surface area contributed by atoms with Gasteiger partial charge >= 0.3 is 0 Å². The zero-order chi connectivity index (χ0) is 16.9. The molecule has 1 atom stereocenters. The minimum Gasteiger partial charge on any atom is -0.313 e. The number of halogens is 1. The summed E-state index contributed by atoms with van der Waals surface area (Å²) < 4.78 is 1.94. The maximum atomic E-state index is 12.5. The molecule has 0 saturated carbocycles. The summed E-state index contributed by atoms with van der Waals surface area (Å²) in [5, 5.41) is 18.4. The number of benzene rings is 1. The summed E-state index contributed by atoms with van der Waals surface area (Å²) in [6, 6.07) is 9.22. The Kier molecular flexibility index (Phi) is 5.07. The van der Waals surface area contributed by atoms with E-state index >= 15 is 0 Å². The minimum absolute atomic E-state index is 0.285. The maximum absolute atomic E-state index is 12.5. The van der Waals surface area contributed by atoms with Gasteiger partial charge in [-0.15, -0.1) is 10.2 Å². The molecule has 6 heteroatoms. The van der Waals surface area contributed by atoms with Crippen LogP contribution in [0.25, 0.3) is 6.08 Å². The van der Waals surface area contributed by atoms with Crippen molar-refractivity contribution in [1.82, 2.24) is 14.8 Å². The number of carbonyl (C=O) groups is 1. The summed E-state index contributed by atoms with van der Waals surface area (Å²) in [5.74, 6) is 0.122. The number of aromatic nitrogens is 3. The number of carbonyl (C=O) groups excluding carboxylic acids is 1. The molecule has 122 valence electrons. The molecule has 0 aliphatic carbocycles. The average Bonchev–Trinajstić information content (AvgIpc) is 2.83. The second kappa shape index (κ2) is 7.41. The van der Waals surface area contributed by atoms with Crippen molar-refractivity contribution in [2.24, 2.45) is 0 Å². The fourth-order valence-electron chi connectivity index (χ4n) is 2.82. The van der Waals surface area contributed by atoms with E-state index in [0.717, 1.165) is 43.6 Å². The van der Waals surface area contributed by atoms with E-state index in [-0.39, 0.29) is 5.78 Å². The summed E-state index contributed by atoms with van der Waals surface area (Å²) in [6.07, 6.45) is 7.17. The third-order valence-electron chi connectivity index (χ3n) is 4.12. The lowest BCUT2D eigenvalue weighted by Crippen LogP contribution is -2.15. The number of fused-ring (bicyclic) bond motifs is 1. The van der Waals surface area contributed by atoms with Gasteiger partial charge in [0.15, 0.2) is 17.5 Å². The molecule has 5 nitrogen and oxygen atoms in total.